The molecule has 92 valence electrons. The number of imide groups is 1. The first-order chi connectivity index (χ1) is 8.15. The van der Waals surface area contributed by atoms with Gasteiger partial charge in [0.2, 0.25) is 11.8 Å². The summed E-state index contributed by atoms with van der Waals surface area (Å²) in [7, 11) is 1.71. The summed E-state index contributed by atoms with van der Waals surface area (Å²) < 4.78 is 1.53. The second-order valence-corrected chi connectivity index (χ2v) is 4.15. The normalized spacial score (nSPS) is 17.4. The molecule has 0 aromatic carbocycles. The monoisotopic (exact) mass is 236 g/mol. The third-order valence-electron chi connectivity index (χ3n) is 2.94. The number of nitrogens with two attached hydrogens (primary N) is 1. The largest absolute Gasteiger partial charge is 0.326 e. The highest BCUT2D eigenvalue weighted by atomic mass is 16.2. The summed E-state index contributed by atoms with van der Waals surface area (Å²) in [4.78, 5) is 25.2. The molecule has 2 N–H and O–H groups in total. The summed E-state index contributed by atoms with van der Waals surface area (Å²) in [6.45, 7) is 0.264. The number of aryl methyl sites for hydroxylation is 1. The third-order valence-corrected chi connectivity index (χ3v) is 2.94. The first-order valence-corrected chi connectivity index (χ1v) is 5.72. The Kier molecular flexibility index (Phi) is 3.23. The van der Waals surface area contributed by atoms with Crippen LogP contribution in [0.25, 0.3) is 0 Å². The first-order valence-electron chi connectivity index (χ1n) is 5.72. The van der Waals surface area contributed by atoms with Gasteiger partial charge in [-0.15, -0.1) is 0 Å². The van der Waals surface area contributed by atoms with Gasteiger partial charge in [-0.2, -0.15) is 5.10 Å². The standard InChI is InChI=1S/C11H16N4O2/c1-14-11(8(6-12)7-13-14)15-9(16)4-2-3-5-10(15)17/h7H,2-6,12H2,1H3. The quantitative estimate of drug-likeness (QED) is 0.749. The van der Waals surface area contributed by atoms with Crippen molar-refractivity contribution in [3.05, 3.63) is 11.8 Å². The van der Waals surface area contributed by atoms with E-state index in [-0.39, 0.29) is 18.4 Å². The van der Waals surface area contributed by atoms with E-state index in [9.17, 15) is 9.59 Å². The van der Waals surface area contributed by atoms with Crippen LogP contribution < -0.4 is 10.6 Å². The maximum Gasteiger partial charge on any atom is 0.234 e. The van der Waals surface area contributed by atoms with Crippen LogP contribution >= 0.6 is 0 Å². The molecule has 6 heteroatoms. The van der Waals surface area contributed by atoms with E-state index in [2.05, 4.69) is 5.10 Å². The molecular weight excluding hydrogens is 220 g/mol. The van der Waals surface area contributed by atoms with Gasteiger partial charge in [-0.3, -0.25) is 14.3 Å². The Morgan fingerprint density at radius 3 is 2.41 bits per heavy atom. The van der Waals surface area contributed by atoms with Gasteiger partial charge >= 0.3 is 0 Å². The van der Waals surface area contributed by atoms with Crippen LogP contribution in [0.4, 0.5) is 5.82 Å². The molecule has 0 atom stereocenters. The molecule has 1 aliphatic heterocycles. The average Bonchev–Trinajstić information content (AvgIpc) is 2.58. The van der Waals surface area contributed by atoms with Gasteiger partial charge in [-0.05, 0) is 12.8 Å². The minimum absolute atomic E-state index is 0.161. The second kappa shape index (κ2) is 4.67. The van der Waals surface area contributed by atoms with Crippen LogP contribution in [0, 0.1) is 0 Å². The zero-order valence-electron chi connectivity index (χ0n) is 9.85. The number of carbonyl (C=O) groups is 2. The SMILES string of the molecule is Cn1ncc(CN)c1N1C(=O)CCCCC1=O. The van der Waals surface area contributed by atoms with E-state index in [4.69, 9.17) is 5.73 Å². The van der Waals surface area contributed by atoms with Gasteiger partial charge in [-0.25, -0.2) is 4.90 Å². The molecule has 2 rings (SSSR count). The summed E-state index contributed by atoms with van der Waals surface area (Å²) in [5.74, 6) is 0.195. The van der Waals surface area contributed by atoms with E-state index in [1.54, 1.807) is 13.2 Å². The molecule has 17 heavy (non-hydrogen) atoms. The van der Waals surface area contributed by atoms with Crippen LogP contribution in [0.2, 0.25) is 0 Å². The van der Waals surface area contributed by atoms with Crippen molar-refractivity contribution in [1.29, 1.82) is 0 Å². The van der Waals surface area contributed by atoms with Crippen molar-refractivity contribution < 1.29 is 9.59 Å². The minimum Gasteiger partial charge on any atom is -0.326 e. The number of hydrogen-bond donors (Lipinski definition) is 1. The number of amides is 2. The van der Waals surface area contributed by atoms with E-state index in [1.165, 1.54) is 9.58 Å². The lowest BCUT2D eigenvalue weighted by Crippen LogP contribution is -2.37. The fourth-order valence-corrected chi connectivity index (χ4v) is 2.06. The van der Waals surface area contributed by atoms with E-state index < -0.39 is 0 Å². The maximum absolute atomic E-state index is 12.0. The molecule has 0 spiro atoms. The van der Waals surface area contributed by atoms with Crippen LogP contribution in [0.3, 0.4) is 0 Å². The second-order valence-electron chi connectivity index (χ2n) is 4.15. The summed E-state index contributed by atoms with van der Waals surface area (Å²) in [6.07, 6.45) is 3.93. The lowest BCUT2D eigenvalue weighted by molar-refractivity contribution is -0.125. The van der Waals surface area contributed by atoms with Crippen molar-refractivity contribution in [1.82, 2.24) is 9.78 Å². The molecule has 0 radical (unpaired) electrons. The van der Waals surface area contributed by atoms with Crippen LogP contribution in [0.15, 0.2) is 6.20 Å². The smallest absolute Gasteiger partial charge is 0.234 e. The molecule has 0 aliphatic carbocycles. The van der Waals surface area contributed by atoms with Gasteiger partial charge in [-0.1, -0.05) is 0 Å². The minimum atomic E-state index is -0.161. The number of nitrogens with zero attached hydrogens (tertiary/aromatic N) is 3. The van der Waals surface area contributed by atoms with Crippen LogP contribution in [0.5, 0.6) is 0 Å². The first kappa shape index (κ1) is 11.8. The number of anilines is 1. The van der Waals surface area contributed by atoms with Crippen molar-refractivity contribution in [3.63, 3.8) is 0 Å². The number of aromatic nitrogens is 2. The van der Waals surface area contributed by atoms with Gasteiger partial charge in [0.25, 0.3) is 0 Å². The summed E-state index contributed by atoms with van der Waals surface area (Å²) in [6, 6.07) is 0. The fourth-order valence-electron chi connectivity index (χ4n) is 2.06. The van der Waals surface area contributed by atoms with E-state index in [0.29, 0.717) is 18.7 Å². The molecule has 0 unspecified atom stereocenters. The predicted molar refractivity (Wildman–Crippen MR) is 62.1 cm³/mol. The van der Waals surface area contributed by atoms with E-state index in [1.807, 2.05) is 0 Å². The van der Waals surface area contributed by atoms with Gasteiger partial charge in [0.1, 0.15) is 5.82 Å². The van der Waals surface area contributed by atoms with Crippen molar-refractivity contribution in [2.75, 3.05) is 4.90 Å². The maximum atomic E-state index is 12.0. The van der Waals surface area contributed by atoms with Crippen molar-refractivity contribution >= 4 is 17.6 Å². The Labute approximate surface area is 99.4 Å². The van der Waals surface area contributed by atoms with Crippen molar-refractivity contribution in [2.24, 2.45) is 12.8 Å². The van der Waals surface area contributed by atoms with Crippen LogP contribution in [0.1, 0.15) is 31.2 Å². The van der Waals surface area contributed by atoms with Crippen molar-refractivity contribution in [2.45, 2.75) is 32.2 Å². The zero-order chi connectivity index (χ0) is 12.4. The predicted octanol–water partition coefficient (Wildman–Crippen LogP) is 0.312. The van der Waals surface area contributed by atoms with Gasteiger partial charge in [0.05, 0.1) is 6.20 Å². The van der Waals surface area contributed by atoms with Crippen LogP contribution in [-0.4, -0.2) is 21.6 Å². The van der Waals surface area contributed by atoms with Gasteiger partial charge in [0, 0.05) is 32.0 Å². The number of rotatable bonds is 2. The summed E-state index contributed by atoms with van der Waals surface area (Å²) in [5.41, 5.74) is 6.32. The molecule has 2 amide bonds. The topological polar surface area (TPSA) is 81.2 Å². The molecule has 1 saturated heterocycles. The van der Waals surface area contributed by atoms with Crippen LogP contribution in [-0.2, 0) is 23.2 Å². The Bertz CT molecular complexity index is 434. The van der Waals surface area contributed by atoms with Gasteiger partial charge < -0.3 is 5.73 Å². The molecule has 2 heterocycles. The molecular formula is C11H16N4O2. The molecule has 0 bridgehead atoms. The number of carbonyl (C=O) groups excluding carboxylic acids is 2. The Morgan fingerprint density at radius 2 is 1.88 bits per heavy atom. The lowest BCUT2D eigenvalue weighted by Gasteiger charge is -2.19. The fraction of sp³-hybridized carbons (Fsp3) is 0.545. The highest BCUT2D eigenvalue weighted by Gasteiger charge is 2.29. The number of hydrogen-bond acceptors (Lipinski definition) is 4. The molecule has 6 nitrogen and oxygen atoms in total. The van der Waals surface area contributed by atoms with Crippen molar-refractivity contribution in [3.8, 4) is 0 Å². The average molecular weight is 236 g/mol. The molecule has 0 saturated carbocycles. The summed E-state index contributed by atoms with van der Waals surface area (Å²) in [5, 5.41) is 4.05. The highest BCUT2D eigenvalue weighted by molar-refractivity contribution is 6.15. The molecule has 1 aromatic heterocycles. The van der Waals surface area contributed by atoms with Gasteiger partial charge in [0.15, 0.2) is 0 Å². The molecule has 1 aromatic rings. The zero-order valence-corrected chi connectivity index (χ0v) is 9.85. The highest BCUT2D eigenvalue weighted by Crippen LogP contribution is 2.24. The molecule has 1 fully saturated rings. The van der Waals surface area contributed by atoms with E-state index in [0.717, 1.165) is 18.4 Å². The van der Waals surface area contributed by atoms with E-state index >= 15 is 0 Å². The Hall–Kier alpha value is -1.69. The lowest BCUT2D eigenvalue weighted by atomic mass is 10.2. The third kappa shape index (κ3) is 2.08. The Balaban J connectivity index is 2.44. The summed E-state index contributed by atoms with van der Waals surface area (Å²) >= 11 is 0. The Morgan fingerprint density at radius 1 is 1.29 bits per heavy atom. The molecule has 1 aliphatic rings.